The minimum absolute atomic E-state index is 0.0845. The van der Waals surface area contributed by atoms with Crippen molar-refractivity contribution in [1.29, 1.82) is 0 Å². The van der Waals surface area contributed by atoms with E-state index < -0.39 is 4.92 Å². The van der Waals surface area contributed by atoms with Crippen molar-refractivity contribution in [3.63, 3.8) is 0 Å². The van der Waals surface area contributed by atoms with Gasteiger partial charge in [-0.15, -0.1) is 5.10 Å². The van der Waals surface area contributed by atoms with E-state index >= 15 is 0 Å². The fourth-order valence-corrected chi connectivity index (χ4v) is 1.70. The lowest BCUT2D eigenvalue weighted by molar-refractivity contribution is -0.385. The zero-order chi connectivity index (χ0) is 13.8. The number of aromatic nitrogens is 3. The van der Waals surface area contributed by atoms with Gasteiger partial charge in [0, 0.05) is 18.2 Å². The molecule has 1 heterocycles. The third kappa shape index (κ3) is 2.94. The lowest BCUT2D eigenvalue weighted by atomic mass is 10.2. The Morgan fingerprint density at radius 2 is 2.26 bits per heavy atom. The van der Waals surface area contributed by atoms with Crippen molar-refractivity contribution in [2.75, 3.05) is 6.54 Å². The predicted molar refractivity (Wildman–Crippen MR) is 70.1 cm³/mol. The zero-order valence-electron chi connectivity index (χ0n) is 10.8. The van der Waals surface area contributed by atoms with Crippen molar-refractivity contribution in [2.45, 2.75) is 20.4 Å². The van der Waals surface area contributed by atoms with Gasteiger partial charge in [-0.3, -0.25) is 10.1 Å². The highest BCUT2D eigenvalue weighted by Crippen LogP contribution is 2.21. The summed E-state index contributed by atoms with van der Waals surface area (Å²) in [6.45, 7) is 5.20. The maximum absolute atomic E-state index is 10.9. The van der Waals surface area contributed by atoms with Gasteiger partial charge in [0.25, 0.3) is 5.69 Å². The molecule has 2 aromatic rings. The van der Waals surface area contributed by atoms with Crippen molar-refractivity contribution in [1.82, 2.24) is 20.3 Å². The van der Waals surface area contributed by atoms with Crippen LogP contribution in [-0.4, -0.2) is 26.5 Å². The molecule has 0 fully saturated rings. The SMILES string of the molecule is CCNCc1cn(-c2ccc(C)c([N+](=O)[O-])c2)nn1. The second-order valence-electron chi connectivity index (χ2n) is 4.16. The first-order chi connectivity index (χ1) is 9.11. The summed E-state index contributed by atoms with van der Waals surface area (Å²) in [5, 5.41) is 22.0. The van der Waals surface area contributed by atoms with Gasteiger partial charge >= 0.3 is 0 Å². The molecule has 1 N–H and O–H groups in total. The topological polar surface area (TPSA) is 85.9 Å². The lowest BCUT2D eigenvalue weighted by Crippen LogP contribution is -2.11. The van der Waals surface area contributed by atoms with Crippen LogP contribution in [0.15, 0.2) is 24.4 Å². The highest BCUT2D eigenvalue weighted by atomic mass is 16.6. The van der Waals surface area contributed by atoms with Crippen LogP contribution in [0.25, 0.3) is 5.69 Å². The molecule has 7 nitrogen and oxygen atoms in total. The number of nitro benzene ring substituents is 1. The number of nitro groups is 1. The predicted octanol–water partition coefficient (Wildman–Crippen LogP) is 1.59. The molecular weight excluding hydrogens is 246 g/mol. The van der Waals surface area contributed by atoms with E-state index in [1.54, 1.807) is 29.9 Å². The standard InChI is InChI=1S/C12H15N5O2/c1-3-13-7-10-8-16(15-14-10)11-5-4-9(2)12(6-11)17(18)19/h4-6,8,13H,3,7H2,1-2H3. The Labute approximate surface area is 110 Å². The average Bonchev–Trinajstić information content (AvgIpc) is 2.85. The summed E-state index contributed by atoms with van der Waals surface area (Å²) in [5.41, 5.74) is 2.14. The molecular formula is C12H15N5O2. The quantitative estimate of drug-likeness (QED) is 0.652. The monoisotopic (exact) mass is 261 g/mol. The second kappa shape index (κ2) is 5.57. The van der Waals surface area contributed by atoms with Gasteiger partial charge in [-0.2, -0.15) is 0 Å². The molecule has 0 bridgehead atoms. The number of nitrogens with one attached hydrogen (secondary N) is 1. The fourth-order valence-electron chi connectivity index (χ4n) is 1.70. The largest absolute Gasteiger partial charge is 0.311 e. The van der Waals surface area contributed by atoms with E-state index in [0.717, 1.165) is 12.2 Å². The van der Waals surface area contributed by atoms with Crippen LogP contribution < -0.4 is 5.32 Å². The summed E-state index contributed by atoms with van der Waals surface area (Å²) in [6, 6.07) is 4.99. The molecule has 100 valence electrons. The average molecular weight is 261 g/mol. The van der Waals surface area contributed by atoms with Crippen LogP contribution in [-0.2, 0) is 6.54 Å². The van der Waals surface area contributed by atoms with Crippen molar-refractivity contribution in [2.24, 2.45) is 0 Å². The minimum Gasteiger partial charge on any atom is -0.311 e. The maximum Gasteiger partial charge on any atom is 0.274 e. The minimum atomic E-state index is -0.394. The molecule has 0 atom stereocenters. The first-order valence-corrected chi connectivity index (χ1v) is 5.99. The van der Waals surface area contributed by atoms with Crippen LogP contribution in [0.1, 0.15) is 18.2 Å². The molecule has 0 saturated carbocycles. The molecule has 1 aromatic heterocycles. The first kappa shape index (κ1) is 13.2. The molecule has 7 heteroatoms. The number of rotatable bonds is 5. The smallest absolute Gasteiger partial charge is 0.274 e. The van der Waals surface area contributed by atoms with Crippen molar-refractivity contribution >= 4 is 5.69 Å². The van der Waals surface area contributed by atoms with Gasteiger partial charge < -0.3 is 5.32 Å². The highest BCUT2D eigenvalue weighted by Gasteiger charge is 2.12. The maximum atomic E-state index is 10.9. The number of nitrogens with zero attached hydrogens (tertiary/aromatic N) is 4. The Morgan fingerprint density at radius 1 is 1.47 bits per heavy atom. The van der Waals surface area contributed by atoms with E-state index in [2.05, 4.69) is 15.6 Å². The highest BCUT2D eigenvalue weighted by molar-refractivity contribution is 5.48. The van der Waals surface area contributed by atoms with Crippen LogP contribution in [0.2, 0.25) is 0 Å². The third-order valence-corrected chi connectivity index (χ3v) is 2.75. The molecule has 0 aliphatic carbocycles. The van der Waals surface area contributed by atoms with Crippen LogP contribution >= 0.6 is 0 Å². The Balaban J connectivity index is 2.29. The fraction of sp³-hybridized carbons (Fsp3) is 0.333. The van der Waals surface area contributed by atoms with E-state index in [1.165, 1.54) is 6.07 Å². The van der Waals surface area contributed by atoms with E-state index in [1.807, 2.05) is 6.92 Å². The van der Waals surface area contributed by atoms with E-state index in [0.29, 0.717) is 17.8 Å². The van der Waals surface area contributed by atoms with Gasteiger partial charge in [0.1, 0.15) is 0 Å². The van der Waals surface area contributed by atoms with Crippen molar-refractivity contribution in [3.05, 3.63) is 45.8 Å². The van der Waals surface area contributed by atoms with Crippen LogP contribution in [0, 0.1) is 17.0 Å². The molecule has 0 unspecified atom stereocenters. The van der Waals surface area contributed by atoms with E-state index in [4.69, 9.17) is 0 Å². The second-order valence-corrected chi connectivity index (χ2v) is 4.16. The molecule has 0 aliphatic rings. The van der Waals surface area contributed by atoms with Crippen molar-refractivity contribution in [3.8, 4) is 5.69 Å². The molecule has 0 spiro atoms. The van der Waals surface area contributed by atoms with Gasteiger partial charge in [-0.25, -0.2) is 4.68 Å². The summed E-state index contributed by atoms with van der Waals surface area (Å²) >= 11 is 0. The van der Waals surface area contributed by atoms with Crippen LogP contribution in [0.4, 0.5) is 5.69 Å². The number of hydrogen-bond donors (Lipinski definition) is 1. The van der Waals surface area contributed by atoms with Gasteiger partial charge in [-0.05, 0) is 19.5 Å². The molecule has 0 radical (unpaired) electrons. The third-order valence-electron chi connectivity index (χ3n) is 2.75. The lowest BCUT2D eigenvalue weighted by Gasteiger charge is -2.02. The Hall–Kier alpha value is -2.28. The van der Waals surface area contributed by atoms with Gasteiger partial charge in [0.05, 0.1) is 22.5 Å². The van der Waals surface area contributed by atoms with Gasteiger partial charge in [0.2, 0.25) is 0 Å². The molecule has 0 saturated heterocycles. The first-order valence-electron chi connectivity index (χ1n) is 5.99. The Morgan fingerprint density at radius 3 is 2.95 bits per heavy atom. The Kier molecular flexibility index (Phi) is 3.86. The molecule has 0 amide bonds. The zero-order valence-corrected chi connectivity index (χ0v) is 10.8. The number of benzene rings is 1. The summed E-state index contributed by atoms with van der Waals surface area (Å²) in [6.07, 6.45) is 1.76. The van der Waals surface area contributed by atoms with Crippen molar-refractivity contribution < 1.29 is 4.92 Å². The Bertz CT molecular complexity index is 594. The van der Waals surface area contributed by atoms with Crippen LogP contribution in [0.5, 0.6) is 0 Å². The van der Waals surface area contributed by atoms with E-state index in [-0.39, 0.29) is 5.69 Å². The van der Waals surface area contributed by atoms with E-state index in [9.17, 15) is 10.1 Å². The summed E-state index contributed by atoms with van der Waals surface area (Å²) in [7, 11) is 0. The van der Waals surface area contributed by atoms with Gasteiger partial charge in [-0.1, -0.05) is 18.2 Å². The van der Waals surface area contributed by atoms with Crippen LogP contribution in [0.3, 0.4) is 0 Å². The molecule has 19 heavy (non-hydrogen) atoms. The summed E-state index contributed by atoms with van der Waals surface area (Å²) < 4.78 is 1.54. The summed E-state index contributed by atoms with van der Waals surface area (Å²) in [5.74, 6) is 0. The van der Waals surface area contributed by atoms with Gasteiger partial charge in [0.15, 0.2) is 0 Å². The normalized spacial score (nSPS) is 10.6. The molecule has 0 aliphatic heterocycles. The number of hydrogen-bond acceptors (Lipinski definition) is 5. The molecule has 2 rings (SSSR count). The summed E-state index contributed by atoms with van der Waals surface area (Å²) in [4.78, 5) is 10.5. The number of aryl methyl sites for hydroxylation is 1. The molecule has 1 aromatic carbocycles.